The van der Waals surface area contributed by atoms with Gasteiger partial charge in [0.05, 0.1) is 18.1 Å². The smallest absolute Gasteiger partial charge is 0.330 e. The third-order valence-corrected chi connectivity index (χ3v) is 13.3. The Morgan fingerprint density at radius 1 is 0.868 bits per heavy atom. The predicted octanol–water partition coefficient (Wildman–Crippen LogP) is 3.16. The van der Waals surface area contributed by atoms with Gasteiger partial charge in [-0.15, -0.1) is 0 Å². The van der Waals surface area contributed by atoms with E-state index in [0.717, 1.165) is 11.1 Å². The number of aliphatic hydroxyl groups is 3. The molecule has 0 aromatic carbocycles. The molecule has 4 fully saturated rings. The molecule has 3 N–H and O–H groups in total. The molecule has 53 heavy (non-hydrogen) atoms. The van der Waals surface area contributed by atoms with Gasteiger partial charge in [-0.05, 0) is 77.0 Å². The third-order valence-electron chi connectivity index (χ3n) is 13.3. The number of ether oxygens (including phenoxy) is 6. The Hall–Kier alpha value is -3.17. The Balaban J connectivity index is 1.45. The van der Waals surface area contributed by atoms with Crippen molar-refractivity contribution < 1.29 is 67.7 Å². The summed E-state index contributed by atoms with van der Waals surface area (Å²) >= 11 is 0. The molecule has 0 amide bonds. The second-order valence-electron chi connectivity index (χ2n) is 16.5. The van der Waals surface area contributed by atoms with Gasteiger partial charge >= 0.3 is 23.9 Å². The van der Waals surface area contributed by atoms with Crippen LogP contribution in [0.4, 0.5) is 0 Å². The molecule has 0 bridgehead atoms. The van der Waals surface area contributed by atoms with E-state index in [1.807, 2.05) is 33.8 Å². The summed E-state index contributed by atoms with van der Waals surface area (Å²) in [5, 5.41) is 37.5. The number of allylic oxidation sites excluding steroid dienone is 1. The summed E-state index contributed by atoms with van der Waals surface area (Å²) in [5.74, 6) is -3.80. The summed E-state index contributed by atoms with van der Waals surface area (Å²) < 4.78 is 34.8. The van der Waals surface area contributed by atoms with E-state index in [4.69, 9.17) is 28.4 Å². The van der Waals surface area contributed by atoms with Gasteiger partial charge in [0.1, 0.15) is 22.9 Å². The molecule has 296 valence electrons. The first-order valence-electron chi connectivity index (χ1n) is 18.6. The number of carbonyl (C=O) groups excluding carboxylic acids is 5. The van der Waals surface area contributed by atoms with E-state index in [1.54, 1.807) is 6.92 Å². The number of hydrogen-bond donors (Lipinski definition) is 3. The Bertz CT molecular complexity index is 1570. The van der Waals surface area contributed by atoms with Crippen LogP contribution in [0.2, 0.25) is 0 Å². The lowest BCUT2D eigenvalue weighted by atomic mass is 9.42. The SMILES string of the molecule is CC(=O)O[C@@H]1[C@@H](OC(C)=O)[C@H](O[C@H]2CC[C@@]3(C)C(=CC[C@]4(O)[C@@H]3C[C@@H](OC(=O)/C=C(\C)C(C)C)[C@@]3(C)[C@]4(O)CC[C@@]3(O)C(C)=O)C2)OC[C@@H]1OC(C)=O. The monoisotopic (exact) mass is 748 g/mol. The number of Topliss-reactive ketones (excluding diaryl/α,β-unsaturated/α-hetero) is 1. The Kier molecular flexibility index (Phi) is 11.2. The molecular weight excluding hydrogens is 692 g/mol. The van der Waals surface area contributed by atoms with Gasteiger partial charge in [-0.1, -0.05) is 38.0 Å². The van der Waals surface area contributed by atoms with Crippen LogP contribution in [0.1, 0.15) is 107 Å². The zero-order valence-electron chi connectivity index (χ0n) is 32.3. The molecule has 1 aliphatic heterocycles. The molecule has 14 heteroatoms. The van der Waals surface area contributed by atoms with Crippen LogP contribution in [0.5, 0.6) is 0 Å². The van der Waals surface area contributed by atoms with Gasteiger partial charge in [-0.3, -0.25) is 19.2 Å². The van der Waals surface area contributed by atoms with Crippen LogP contribution in [-0.4, -0.2) is 105 Å². The van der Waals surface area contributed by atoms with Crippen molar-refractivity contribution in [3.63, 3.8) is 0 Å². The number of carbonyl (C=O) groups is 5. The van der Waals surface area contributed by atoms with E-state index >= 15 is 0 Å². The Labute approximate surface area is 310 Å². The summed E-state index contributed by atoms with van der Waals surface area (Å²) in [6.07, 6.45) is -1.80. The molecule has 5 rings (SSSR count). The van der Waals surface area contributed by atoms with E-state index < -0.39 is 100 Å². The standard InChI is InChI=1S/C39H56O14/c1-20(2)21(3)16-31(44)53-30-18-29-35(8)12-11-27(52-34-33(51-25(7)43)32(50-24(6)42)28(19-48-34)49-23(5)41)17-26(35)10-13-38(29,46)39(47)15-14-37(45,22(4)40)36(30,39)9/h10,16,20,27-30,32-34,45-47H,11-15,17-19H2,1-9H3/b21-16+/t27-,28-,29+,30+,32-,33+,34-,35-,36+,37+,38-,39+/m0/s1. The minimum Gasteiger partial charge on any atom is -0.458 e. The van der Waals surface area contributed by atoms with Gasteiger partial charge in [0.15, 0.2) is 30.4 Å². The zero-order chi connectivity index (χ0) is 39.5. The highest BCUT2D eigenvalue weighted by molar-refractivity contribution is 5.87. The van der Waals surface area contributed by atoms with E-state index in [0.29, 0.717) is 19.3 Å². The molecule has 0 unspecified atom stereocenters. The fourth-order valence-electron chi connectivity index (χ4n) is 10.0. The summed E-state index contributed by atoms with van der Waals surface area (Å²) in [4.78, 5) is 62.6. The second-order valence-corrected chi connectivity index (χ2v) is 16.5. The van der Waals surface area contributed by atoms with Crippen LogP contribution >= 0.6 is 0 Å². The summed E-state index contributed by atoms with van der Waals surface area (Å²) in [5.41, 5.74) is -6.57. The Morgan fingerprint density at radius 3 is 2.08 bits per heavy atom. The van der Waals surface area contributed by atoms with Gasteiger partial charge in [0.25, 0.3) is 0 Å². The normalized spacial score (nSPS) is 42.3. The molecule has 0 spiro atoms. The molecule has 1 saturated heterocycles. The average Bonchev–Trinajstić information content (AvgIpc) is 3.28. The van der Waals surface area contributed by atoms with Crippen molar-refractivity contribution in [3.8, 4) is 0 Å². The summed E-state index contributed by atoms with van der Waals surface area (Å²) in [6.45, 7) is 13.9. The Morgan fingerprint density at radius 2 is 1.49 bits per heavy atom. The summed E-state index contributed by atoms with van der Waals surface area (Å²) in [6, 6.07) is 0. The van der Waals surface area contributed by atoms with E-state index in [1.165, 1.54) is 33.8 Å². The molecule has 0 aromatic heterocycles. The van der Waals surface area contributed by atoms with E-state index in [-0.39, 0.29) is 38.2 Å². The van der Waals surface area contributed by atoms with Crippen LogP contribution in [0, 0.1) is 22.7 Å². The quantitative estimate of drug-likeness (QED) is 0.134. The van der Waals surface area contributed by atoms with E-state index in [9.17, 15) is 39.3 Å². The molecule has 4 aliphatic carbocycles. The third kappa shape index (κ3) is 6.76. The highest BCUT2D eigenvalue weighted by atomic mass is 16.7. The first kappa shape index (κ1) is 41.0. The molecule has 14 nitrogen and oxygen atoms in total. The average molecular weight is 749 g/mol. The minimum absolute atomic E-state index is 0.0109. The summed E-state index contributed by atoms with van der Waals surface area (Å²) in [7, 11) is 0. The predicted molar refractivity (Wildman–Crippen MR) is 185 cm³/mol. The van der Waals surface area contributed by atoms with Crippen LogP contribution < -0.4 is 0 Å². The first-order valence-corrected chi connectivity index (χ1v) is 18.6. The molecule has 3 saturated carbocycles. The van der Waals surface area contributed by atoms with Gasteiger partial charge in [-0.2, -0.15) is 0 Å². The van der Waals surface area contributed by atoms with Crippen LogP contribution in [0.15, 0.2) is 23.3 Å². The van der Waals surface area contributed by atoms with Crippen molar-refractivity contribution in [3.05, 3.63) is 23.3 Å². The number of fused-ring (bicyclic) bond motifs is 5. The molecule has 1 heterocycles. The first-order chi connectivity index (χ1) is 24.5. The molecule has 12 atom stereocenters. The molecule has 0 aromatic rings. The molecular formula is C39H56O14. The maximum atomic E-state index is 13.4. The van der Waals surface area contributed by atoms with E-state index in [2.05, 4.69) is 0 Å². The van der Waals surface area contributed by atoms with Crippen molar-refractivity contribution in [1.29, 1.82) is 0 Å². The maximum Gasteiger partial charge on any atom is 0.330 e. The number of ketones is 1. The van der Waals surface area contributed by atoms with Crippen molar-refractivity contribution >= 4 is 29.7 Å². The zero-order valence-corrected chi connectivity index (χ0v) is 32.3. The van der Waals surface area contributed by atoms with Crippen molar-refractivity contribution in [2.45, 2.75) is 161 Å². The molecule has 0 radical (unpaired) electrons. The number of rotatable bonds is 9. The fraction of sp³-hybridized carbons (Fsp3) is 0.769. The van der Waals surface area contributed by atoms with Crippen LogP contribution in [0.3, 0.4) is 0 Å². The lowest BCUT2D eigenvalue weighted by Gasteiger charge is -2.67. The number of hydrogen-bond acceptors (Lipinski definition) is 14. The van der Waals surface area contributed by atoms with Gasteiger partial charge in [-0.25, -0.2) is 4.79 Å². The highest BCUT2D eigenvalue weighted by Crippen LogP contribution is 2.71. The maximum absolute atomic E-state index is 13.4. The van der Waals surface area contributed by atoms with Crippen LogP contribution in [0.25, 0.3) is 0 Å². The topological polar surface area (TPSA) is 201 Å². The largest absolute Gasteiger partial charge is 0.458 e. The van der Waals surface area contributed by atoms with Crippen molar-refractivity contribution in [1.82, 2.24) is 0 Å². The fourth-order valence-corrected chi connectivity index (χ4v) is 10.0. The van der Waals surface area contributed by atoms with Gasteiger partial charge < -0.3 is 43.7 Å². The van der Waals surface area contributed by atoms with Crippen LogP contribution in [-0.2, 0) is 52.4 Å². The lowest BCUT2D eigenvalue weighted by molar-refractivity contribution is -0.316. The minimum atomic E-state index is -2.06. The number of esters is 4. The second kappa shape index (κ2) is 14.5. The van der Waals surface area contributed by atoms with Gasteiger partial charge in [0.2, 0.25) is 0 Å². The lowest BCUT2D eigenvalue weighted by Crippen LogP contribution is -2.78. The van der Waals surface area contributed by atoms with Crippen molar-refractivity contribution in [2.75, 3.05) is 6.61 Å². The highest BCUT2D eigenvalue weighted by Gasteiger charge is 2.81. The van der Waals surface area contributed by atoms with Crippen molar-refractivity contribution in [2.24, 2.45) is 22.7 Å². The molecule has 5 aliphatic rings. The van der Waals surface area contributed by atoms with Gasteiger partial charge in [0, 0.05) is 32.8 Å².